The Morgan fingerprint density at radius 3 is 2.14 bits per heavy atom. The topological polar surface area (TPSA) is 75.7 Å². The second kappa shape index (κ2) is 13.1. The molecule has 0 aliphatic carbocycles. The van der Waals surface area contributed by atoms with Gasteiger partial charge in [-0.2, -0.15) is 11.8 Å². The van der Waals surface area contributed by atoms with E-state index in [9.17, 15) is 13.2 Å². The first-order valence-electron chi connectivity index (χ1n) is 10.9. The summed E-state index contributed by atoms with van der Waals surface area (Å²) >= 11 is 13.5. The van der Waals surface area contributed by atoms with Gasteiger partial charge in [-0.05, 0) is 73.2 Å². The van der Waals surface area contributed by atoms with Gasteiger partial charge >= 0.3 is 0 Å². The van der Waals surface area contributed by atoms with E-state index in [1.165, 1.54) is 24.3 Å². The summed E-state index contributed by atoms with van der Waals surface area (Å²) in [6.45, 7) is 2.41. The molecule has 0 radical (unpaired) electrons. The van der Waals surface area contributed by atoms with Crippen molar-refractivity contribution in [3.05, 3.63) is 88.4 Å². The number of benzene rings is 3. The number of rotatable bonds is 12. The number of amides is 1. The molecule has 1 N–H and O–H groups in total. The number of ether oxygens (including phenoxy) is 1. The van der Waals surface area contributed by atoms with Crippen LogP contribution in [0.1, 0.15) is 12.5 Å². The standard InChI is InChI=1S/C25H26Cl2N2O4S2/c1-2-33-23-11-9-22(10-12-23)29(35(31,32)24-13-7-21(27)8-14-24)17-25(30)28-15-16-34-18-19-3-5-20(26)6-4-19/h3-14H,2,15-18H2,1H3,(H,28,30). The molecule has 0 atom stereocenters. The van der Waals surface area contributed by atoms with Crippen molar-refractivity contribution in [1.29, 1.82) is 0 Å². The van der Waals surface area contributed by atoms with Crippen LogP contribution in [0.4, 0.5) is 5.69 Å². The molecule has 3 aromatic carbocycles. The molecule has 10 heteroatoms. The van der Waals surface area contributed by atoms with Crippen molar-refractivity contribution in [1.82, 2.24) is 5.32 Å². The zero-order valence-corrected chi connectivity index (χ0v) is 22.3. The van der Waals surface area contributed by atoms with Crippen molar-refractivity contribution >= 4 is 56.6 Å². The van der Waals surface area contributed by atoms with E-state index in [-0.39, 0.29) is 11.4 Å². The lowest BCUT2D eigenvalue weighted by atomic mass is 10.2. The van der Waals surface area contributed by atoms with Gasteiger partial charge in [0.05, 0.1) is 17.2 Å². The fourth-order valence-corrected chi connectivity index (χ4v) is 5.64. The minimum atomic E-state index is -4.01. The van der Waals surface area contributed by atoms with Crippen LogP contribution in [0.15, 0.2) is 77.7 Å². The molecule has 0 unspecified atom stereocenters. The first-order chi connectivity index (χ1) is 16.8. The summed E-state index contributed by atoms with van der Waals surface area (Å²) in [4.78, 5) is 12.8. The first-order valence-corrected chi connectivity index (χ1v) is 14.2. The maximum absolute atomic E-state index is 13.4. The van der Waals surface area contributed by atoms with E-state index in [4.69, 9.17) is 27.9 Å². The number of carbonyl (C=O) groups excluding carboxylic acids is 1. The van der Waals surface area contributed by atoms with E-state index >= 15 is 0 Å². The van der Waals surface area contributed by atoms with Gasteiger partial charge in [0.1, 0.15) is 12.3 Å². The van der Waals surface area contributed by atoms with Crippen molar-refractivity contribution in [2.45, 2.75) is 17.6 Å². The summed E-state index contributed by atoms with van der Waals surface area (Å²) in [5, 5.41) is 3.92. The number of thioether (sulfide) groups is 1. The van der Waals surface area contributed by atoms with Crippen LogP contribution in [0, 0.1) is 0 Å². The highest BCUT2D eigenvalue weighted by molar-refractivity contribution is 7.98. The van der Waals surface area contributed by atoms with Crippen molar-refractivity contribution in [2.75, 3.05) is 29.8 Å². The third-order valence-corrected chi connectivity index (χ3v) is 8.20. The van der Waals surface area contributed by atoms with Crippen LogP contribution in [0.25, 0.3) is 0 Å². The molecule has 0 spiro atoms. The van der Waals surface area contributed by atoms with Crippen LogP contribution in [0.5, 0.6) is 5.75 Å². The molecular formula is C25H26Cl2N2O4S2. The molecule has 0 bridgehead atoms. The van der Waals surface area contributed by atoms with Crippen molar-refractivity contribution in [3.63, 3.8) is 0 Å². The molecule has 186 valence electrons. The Hall–Kier alpha value is -2.39. The fourth-order valence-electron chi connectivity index (χ4n) is 3.14. The molecule has 0 saturated heterocycles. The smallest absolute Gasteiger partial charge is 0.264 e. The van der Waals surface area contributed by atoms with Crippen LogP contribution in [0.3, 0.4) is 0 Å². The van der Waals surface area contributed by atoms with Gasteiger partial charge in [-0.3, -0.25) is 9.10 Å². The average Bonchev–Trinajstić information content (AvgIpc) is 2.84. The van der Waals surface area contributed by atoms with Gasteiger partial charge in [-0.25, -0.2) is 8.42 Å². The minimum Gasteiger partial charge on any atom is -0.494 e. The van der Waals surface area contributed by atoms with E-state index in [1.807, 2.05) is 31.2 Å². The number of carbonyl (C=O) groups is 1. The Kier molecular flexibility index (Phi) is 10.2. The largest absolute Gasteiger partial charge is 0.494 e. The normalized spacial score (nSPS) is 11.2. The highest BCUT2D eigenvalue weighted by atomic mass is 35.5. The van der Waals surface area contributed by atoms with Crippen molar-refractivity contribution in [3.8, 4) is 5.75 Å². The lowest BCUT2D eigenvalue weighted by Crippen LogP contribution is -2.41. The van der Waals surface area contributed by atoms with Crippen LogP contribution >= 0.6 is 35.0 Å². The Morgan fingerprint density at radius 1 is 0.943 bits per heavy atom. The third kappa shape index (κ3) is 8.07. The van der Waals surface area contributed by atoms with E-state index in [2.05, 4.69) is 5.32 Å². The third-order valence-electron chi connectivity index (χ3n) is 4.88. The first kappa shape index (κ1) is 27.2. The molecule has 0 fully saturated rings. The second-order valence-electron chi connectivity index (χ2n) is 7.42. The lowest BCUT2D eigenvalue weighted by Gasteiger charge is -2.24. The van der Waals surface area contributed by atoms with E-state index in [0.29, 0.717) is 40.4 Å². The molecule has 0 aliphatic rings. The van der Waals surface area contributed by atoms with E-state index in [1.54, 1.807) is 36.0 Å². The fraction of sp³-hybridized carbons (Fsp3) is 0.240. The molecule has 0 saturated carbocycles. The highest BCUT2D eigenvalue weighted by Crippen LogP contribution is 2.26. The lowest BCUT2D eigenvalue weighted by molar-refractivity contribution is -0.119. The molecule has 3 rings (SSSR count). The highest BCUT2D eigenvalue weighted by Gasteiger charge is 2.27. The predicted molar refractivity (Wildman–Crippen MR) is 144 cm³/mol. The zero-order chi connectivity index (χ0) is 25.3. The van der Waals surface area contributed by atoms with Gasteiger partial charge in [0.25, 0.3) is 10.0 Å². The van der Waals surface area contributed by atoms with Crippen LogP contribution in [0.2, 0.25) is 10.0 Å². The van der Waals surface area contributed by atoms with Gasteiger partial charge < -0.3 is 10.1 Å². The Morgan fingerprint density at radius 2 is 1.54 bits per heavy atom. The van der Waals surface area contributed by atoms with Gasteiger partial charge in [0.2, 0.25) is 5.91 Å². The average molecular weight is 554 g/mol. The van der Waals surface area contributed by atoms with Gasteiger partial charge in [0, 0.05) is 28.1 Å². The molecule has 1 amide bonds. The summed E-state index contributed by atoms with van der Waals surface area (Å²) in [6.07, 6.45) is 0. The molecule has 35 heavy (non-hydrogen) atoms. The Balaban J connectivity index is 1.66. The van der Waals surface area contributed by atoms with Crippen LogP contribution in [-0.2, 0) is 20.6 Å². The van der Waals surface area contributed by atoms with E-state index < -0.39 is 15.9 Å². The molecule has 0 aliphatic heterocycles. The number of hydrogen-bond donors (Lipinski definition) is 1. The number of halogens is 2. The van der Waals surface area contributed by atoms with Gasteiger partial charge in [-0.1, -0.05) is 35.3 Å². The summed E-state index contributed by atoms with van der Waals surface area (Å²) in [5.41, 5.74) is 1.50. The number of nitrogens with zero attached hydrogens (tertiary/aromatic N) is 1. The molecule has 6 nitrogen and oxygen atoms in total. The maximum atomic E-state index is 13.4. The van der Waals surface area contributed by atoms with Gasteiger partial charge in [-0.15, -0.1) is 0 Å². The summed E-state index contributed by atoms with van der Waals surface area (Å²) in [7, 11) is -4.01. The molecule has 3 aromatic rings. The molecular weight excluding hydrogens is 527 g/mol. The van der Waals surface area contributed by atoms with Gasteiger partial charge in [0.15, 0.2) is 0 Å². The van der Waals surface area contributed by atoms with E-state index in [0.717, 1.165) is 15.6 Å². The monoisotopic (exact) mass is 552 g/mol. The van der Waals surface area contributed by atoms with Crippen LogP contribution < -0.4 is 14.4 Å². The van der Waals surface area contributed by atoms with Crippen LogP contribution in [-0.4, -0.2) is 39.8 Å². The molecule has 0 aromatic heterocycles. The predicted octanol–water partition coefficient (Wildman–Crippen LogP) is 5.64. The Bertz CT molecular complexity index is 1200. The second-order valence-corrected chi connectivity index (χ2v) is 11.3. The van der Waals surface area contributed by atoms with Crippen molar-refractivity contribution < 1.29 is 17.9 Å². The quantitative estimate of drug-likeness (QED) is 0.294. The zero-order valence-electron chi connectivity index (χ0n) is 19.1. The maximum Gasteiger partial charge on any atom is 0.264 e. The number of nitrogens with one attached hydrogen (secondary N) is 1. The number of sulfonamides is 1. The number of hydrogen-bond acceptors (Lipinski definition) is 5. The Labute approximate surface area is 220 Å². The summed E-state index contributed by atoms with van der Waals surface area (Å²) in [6, 6.07) is 20.0. The minimum absolute atomic E-state index is 0.0436. The number of anilines is 1. The molecule has 0 heterocycles. The SMILES string of the molecule is CCOc1ccc(N(CC(=O)NCCSCc2ccc(Cl)cc2)S(=O)(=O)c2ccc(Cl)cc2)cc1. The summed E-state index contributed by atoms with van der Waals surface area (Å²) in [5.74, 6) is 1.68. The van der Waals surface area contributed by atoms with Crippen molar-refractivity contribution in [2.24, 2.45) is 0 Å². The summed E-state index contributed by atoms with van der Waals surface area (Å²) < 4.78 is 33.3.